The molecule has 0 spiro atoms. The highest BCUT2D eigenvalue weighted by molar-refractivity contribution is 5.20. The van der Waals surface area contributed by atoms with Gasteiger partial charge in [0.25, 0.3) is 0 Å². The maximum Gasteiger partial charge on any atom is 0.137 e. The van der Waals surface area contributed by atoms with Crippen molar-refractivity contribution < 1.29 is 9.50 Å². The first-order valence-corrected chi connectivity index (χ1v) is 8.76. The van der Waals surface area contributed by atoms with Crippen molar-refractivity contribution in [1.82, 2.24) is 19.7 Å². The van der Waals surface area contributed by atoms with E-state index in [-0.39, 0.29) is 5.82 Å². The molecule has 24 heavy (non-hydrogen) atoms. The molecule has 0 radical (unpaired) electrons. The molecule has 1 N–H and O–H groups in total. The summed E-state index contributed by atoms with van der Waals surface area (Å²) in [5.41, 5.74) is 0.376. The third kappa shape index (κ3) is 3.21. The maximum atomic E-state index is 13.8. The molecule has 1 aliphatic carbocycles. The van der Waals surface area contributed by atoms with Gasteiger partial charge in [-0.25, -0.2) is 4.39 Å². The molecule has 1 aromatic carbocycles. The van der Waals surface area contributed by atoms with Crippen molar-refractivity contribution in [2.45, 2.75) is 43.7 Å². The Balaban J connectivity index is 1.43. The van der Waals surface area contributed by atoms with Gasteiger partial charge in [-0.3, -0.25) is 4.90 Å². The smallest absolute Gasteiger partial charge is 0.137 e. The molecule has 2 heterocycles. The molecule has 6 heteroatoms. The second-order valence-electron chi connectivity index (χ2n) is 6.96. The van der Waals surface area contributed by atoms with Gasteiger partial charge in [0, 0.05) is 30.6 Å². The number of halogens is 1. The van der Waals surface area contributed by atoms with E-state index < -0.39 is 6.10 Å². The largest absolute Gasteiger partial charge is 0.387 e. The quantitative estimate of drug-likeness (QED) is 0.916. The highest BCUT2D eigenvalue weighted by Crippen LogP contribution is 2.38. The van der Waals surface area contributed by atoms with Gasteiger partial charge in [-0.1, -0.05) is 18.2 Å². The summed E-state index contributed by atoms with van der Waals surface area (Å²) in [7, 11) is 0. The summed E-state index contributed by atoms with van der Waals surface area (Å²) in [5, 5.41) is 18.9. The average molecular weight is 330 g/mol. The van der Waals surface area contributed by atoms with Gasteiger partial charge in [0.05, 0.1) is 6.10 Å². The molecule has 2 fully saturated rings. The standard InChI is InChI=1S/C18H23FN4O/c19-16-6-2-1-5-15(16)17(24)11-22-9-3-4-13(10-22)18-21-20-12-23(18)14-7-8-14/h1-2,5-6,12-14,17,24H,3-4,7-11H2/t13-,17-/m0/s1. The zero-order valence-electron chi connectivity index (χ0n) is 13.7. The Labute approximate surface area is 141 Å². The molecular formula is C18H23FN4O. The van der Waals surface area contributed by atoms with Gasteiger partial charge in [-0.05, 0) is 38.3 Å². The van der Waals surface area contributed by atoms with Crippen molar-refractivity contribution in [2.24, 2.45) is 0 Å². The van der Waals surface area contributed by atoms with Crippen LogP contribution in [0.25, 0.3) is 0 Å². The molecule has 2 aromatic rings. The minimum atomic E-state index is -0.800. The van der Waals surface area contributed by atoms with E-state index in [1.165, 1.54) is 18.9 Å². The van der Waals surface area contributed by atoms with Gasteiger partial charge >= 0.3 is 0 Å². The van der Waals surface area contributed by atoms with E-state index in [1.54, 1.807) is 18.2 Å². The molecule has 2 aliphatic rings. The lowest BCUT2D eigenvalue weighted by molar-refractivity contribution is 0.0916. The van der Waals surface area contributed by atoms with Crippen LogP contribution in [0.1, 0.15) is 55.1 Å². The number of aliphatic hydroxyl groups is 1. The van der Waals surface area contributed by atoms with Crippen molar-refractivity contribution in [3.05, 3.63) is 47.8 Å². The van der Waals surface area contributed by atoms with E-state index in [1.807, 2.05) is 6.33 Å². The SMILES string of the molecule is O[C@@H](CN1CCC[C@H](c2nncn2C2CC2)C1)c1ccccc1F. The summed E-state index contributed by atoms with van der Waals surface area (Å²) >= 11 is 0. The number of hydrogen-bond acceptors (Lipinski definition) is 4. The number of aromatic nitrogens is 3. The molecule has 5 nitrogen and oxygen atoms in total. The van der Waals surface area contributed by atoms with Crippen LogP contribution < -0.4 is 0 Å². The van der Waals surface area contributed by atoms with Crippen LogP contribution in [0.2, 0.25) is 0 Å². The van der Waals surface area contributed by atoms with E-state index in [2.05, 4.69) is 19.7 Å². The van der Waals surface area contributed by atoms with Crippen LogP contribution in [-0.2, 0) is 0 Å². The van der Waals surface area contributed by atoms with Crippen molar-refractivity contribution in [3.63, 3.8) is 0 Å². The van der Waals surface area contributed by atoms with Gasteiger partial charge < -0.3 is 9.67 Å². The number of rotatable bonds is 5. The summed E-state index contributed by atoms with van der Waals surface area (Å²) < 4.78 is 16.1. The fraction of sp³-hybridized carbons (Fsp3) is 0.556. The first-order chi connectivity index (χ1) is 11.7. The van der Waals surface area contributed by atoms with Gasteiger partial charge in [0.2, 0.25) is 0 Å². The van der Waals surface area contributed by atoms with E-state index in [0.717, 1.165) is 31.8 Å². The third-order valence-electron chi connectivity index (χ3n) is 5.11. The number of nitrogens with zero attached hydrogens (tertiary/aromatic N) is 4. The summed E-state index contributed by atoms with van der Waals surface area (Å²) in [5.74, 6) is 1.07. The molecule has 1 saturated heterocycles. The van der Waals surface area contributed by atoms with Crippen molar-refractivity contribution >= 4 is 0 Å². The Kier molecular flexibility index (Phi) is 4.33. The normalized spacial score (nSPS) is 23.3. The minimum absolute atomic E-state index is 0.341. The summed E-state index contributed by atoms with van der Waals surface area (Å²) in [4.78, 5) is 2.22. The predicted octanol–water partition coefficient (Wildman–Crippen LogP) is 2.67. The molecular weight excluding hydrogens is 307 g/mol. The number of likely N-dealkylation sites (tertiary alicyclic amines) is 1. The van der Waals surface area contributed by atoms with Crippen molar-refractivity contribution in [2.75, 3.05) is 19.6 Å². The van der Waals surface area contributed by atoms with E-state index in [0.29, 0.717) is 24.1 Å². The van der Waals surface area contributed by atoms with Crippen LogP contribution in [0.15, 0.2) is 30.6 Å². The molecule has 2 atom stereocenters. The second kappa shape index (κ2) is 6.61. The van der Waals surface area contributed by atoms with Crippen LogP contribution in [0.3, 0.4) is 0 Å². The summed E-state index contributed by atoms with van der Waals surface area (Å²) in [6, 6.07) is 7.04. The Morgan fingerprint density at radius 3 is 2.88 bits per heavy atom. The Morgan fingerprint density at radius 1 is 1.25 bits per heavy atom. The van der Waals surface area contributed by atoms with Gasteiger partial charge in [0.15, 0.2) is 0 Å². The number of hydrogen-bond donors (Lipinski definition) is 1. The first-order valence-electron chi connectivity index (χ1n) is 8.76. The van der Waals surface area contributed by atoms with Crippen LogP contribution in [-0.4, -0.2) is 44.4 Å². The Morgan fingerprint density at radius 2 is 2.08 bits per heavy atom. The maximum absolute atomic E-state index is 13.8. The lowest BCUT2D eigenvalue weighted by Gasteiger charge is -2.33. The second-order valence-corrected chi connectivity index (χ2v) is 6.96. The van der Waals surface area contributed by atoms with Crippen molar-refractivity contribution in [1.29, 1.82) is 0 Å². The topological polar surface area (TPSA) is 54.2 Å². The number of piperidine rings is 1. The van der Waals surface area contributed by atoms with E-state index >= 15 is 0 Å². The molecule has 1 aromatic heterocycles. The molecule has 0 bridgehead atoms. The molecule has 0 unspecified atom stereocenters. The number of aliphatic hydroxyl groups excluding tert-OH is 1. The fourth-order valence-corrected chi connectivity index (χ4v) is 3.70. The first kappa shape index (κ1) is 15.7. The lowest BCUT2D eigenvalue weighted by atomic mass is 9.96. The van der Waals surface area contributed by atoms with Crippen LogP contribution >= 0.6 is 0 Å². The molecule has 128 valence electrons. The Hall–Kier alpha value is -1.79. The zero-order chi connectivity index (χ0) is 16.5. The molecule has 1 aliphatic heterocycles. The Bertz CT molecular complexity index is 700. The monoisotopic (exact) mass is 330 g/mol. The van der Waals surface area contributed by atoms with Crippen LogP contribution in [0.5, 0.6) is 0 Å². The molecule has 0 amide bonds. The molecule has 4 rings (SSSR count). The van der Waals surface area contributed by atoms with E-state index in [4.69, 9.17) is 0 Å². The lowest BCUT2D eigenvalue weighted by Crippen LogP contribution is -2.38. The van der Waals surface area contributed by atoms with E-state index in [9.17, 15) is 9.50 Å². The highest BCUT2D eigenvalue weighted by atomic mass is 19.1. The number of benzene rings is 1. The van der Waals surface area contributed by atoms with Gasteiger partial charge in [-0.2, -0.15) is 0 Å². The summed E-state index contributed by atoms with van der Waals surface area (Å²) in [6.07, 6.45) is 5.64. The van der Waals surface area contributed by atoms with Gasteiger partial charge in [0.1, 0.15) is 18.0 Å². The van der Waals surface area contributed by atoms with Crippen LogP contribution in [0.4, 0.5) is 4.39 Å². The minimum Gasteiger partial charge on any atom is -0.387 e. The third-order valence-corrected chi connectivity index (χ3v) is 5.11. The van der Waals surface area contributed by atoms with Crippen molar-refractivity contribution in [3.8, 4) is 0 Å². The zero-order valence-corrected chi connectivity index (χ0v) is 13.7. The predicted molar refractivity (Wildman–Crippen MR) is 88.1 cm³/mol. The summed E-state index contributed by atoms with van der Waals surface area (Å²) in [6.45, 7) is 2.23. The van der Waals surface area contributed by atoms with Crippen LogP contribution in [0, 0.1) is 5.82 Å². The molecule has 1 saturated carbocycles. The number of β-amino-alcohol motifs (C(OH)–C–C–N with tert-alkyl or cyclic N) is 1. The fourth-order valence-electron chi connectivity index (χ4n) is 3.70. The van der Waals surface area contributed by atoms with Gasteiger partial charge in [-0.15, -0.1) is 10.2 Å². The average Bonchev–Trinajstić information content (AvgIpc) is 3.32. The highest BCUT2D eigenvalue weighted by Gasteiger charge is 2.32.